The Labute approximate surface area is 247 Å². The summed E-state index contributed by atoms with van der Waals surface area (Å²) in [6, 6.07) is 2.51. The van der Waals surface area contributed by atoms with Gasteiger partial charge < -0.3 is 29.9 Å². The summed E-state index contributed by atoms with van der Waals surface area (Å²) in [6.07, 6.45) is 11.9. The molecule has 1 aromatic rings. The van der Waals surface area contributed by atoms with Gasteiger partial charge in [0.2, 0.25) is 11.8 Å². The zero-order valence-corrected chi connectivity index (χ0v) is 24.5. The van der Waals surface area contributed by atoms with Crippen LogP contribution < -0.4 is 14.8 Å². The van der Waals surface area contributed by atoms with Gasteiger partial charge in [-0.2, -0.15) is 0 Å². The molecule has 7 atom stereocenters. The normalized spacial score (nSPS) is 31.8. The molecular weight excluding hydrogens is 536 g/mol. The van der Waals surface area contributed by atoms with Crippen LogP contribution in [0.15, 0.2) is 23.8 Å². The predicted molar refractivity (Wildman–Crippen MR) is 155 cm³/mol. The van der Waals surface area contributed by atoms with E-state index >= 15 is 0 Å². The lowest BCUT2D eigenvalue weighted by Gasteiger charge is -2.44. The summed E-state index contributed by atoms with van der Waals surface area (Å²) in [7, 11) is 1.49. The Morgan fingerprint density at radius 1 is 1.12 bits per heavy atom. The van der Waals surface area contributed by atoms with Gasteiger partial charge in [-0.15, -0.1) is 0 Å². The molecule has 5 aliphatic rings. The molecule has 3 N–H and O–H groups in total. The standard InChI is InChI=1S/C33H44N2O7/c1-41-27-15-20(18-37)14-24-29-25(33(40)34-10-11-36)17-26(30(39)32(29)42-31(24)27)35(23-6-4-2-3-5-7-23)28(38)16-22-13-19-8-9-21(22)12-19/h14-15,17-19,21-23,26,29-30,32,36,39H,2-13,16H2,1H3,(H,34,40)/t19?,21?,22?,26-,29+,30+,32+/m1/s1. The number of aldehydes is 1. The van der Waals surface area contributed by atoms with E-state index in [1.807, 2.05) is 4.90 Å². The number of benzene rings is 1. The Morgan fingerprint density at radius 3 is 2.55 bits per heavy atom. The van der Waals surface area contributed by atoms with Crippen molar-refractivity contribution in [2.75, 3.05) is 20.3 Å². The summed E-state index contributed by atoms with van der Waals surface area (Å²) in [5.74, 6) is 1.50. The summed E-state index contributed by atoms with van der Waals surface area (Å²) >= 11 is 0. The van der Waals surface area contributed by atoms with E-state index in [-0.39, 0.29) is 31.0 Å². The SMILES string of the molecule is COc1cc(C=O)cc2c1O[C@@H]1[C@@H](O)[C@H](N(C(=O)CC3CC4CCC3C4)C3CCCCCC3)C=C(C(=O)NCCO)[C@H]21. The fourth-order valence-electron chi connectivity index (χ4n) is 8.63. The molecule has 0 radical (unpaired) electrons. The number of fused-ring (bicyclic) bond motifs is 5. The zero-order chi connectivity index (χ0) is 29.4. The van der Waals surface area contributed by atoms with Crippen LogP contribution in [-0.4, -0.2) is 77.8 Å². The fourth-order valence-corrected chi connectivity index (χ4v) is 8.63. The highest BCUT2D eigenvalue weighted by Crippen LogP contribution is 2.52. The number of aliphatic hydroxyl groups excluding tert-OH is 2. The van der Waals surface area contributed by atoms with Gasteiger partial charge in [-0.3, -0.25) is 14.4 Å². The Bertz CT molecular complexity index is 1220. The van der Waals surface area contributed by atoms with Gasteiger partial charge in [-0.1, -0.05) is 32.1 Å². The van der Waals surface area contributed by atoms with E-state index in [4.69, 9.17) is 9.47 Å². The van der Waals surface area contributed by atoms with E-state index in [0.29, 0.717) is 46.5 Å². The van der Waals surface area contributed by atoms with E-state index in [1.54, 1.807) is 18.2 Å². The molecule has 228 valence electrons. The molecule has 0 aromatic heterocycles. The summed E-state index contributed by atoms with van der Waals surface area (Å²) in [6.45, 7) is -0.146. The monoisotopic (exact) mass is 580 g/mol. The molecule has 9 heteroatoms. The zero-order valence-electron chi connectivity index (χ0n) is 24.5. The molecule has 42 heavy (non-hydrogen) atoms. The van der Waals surface area contributed by atoms with Crippen LogP contribution in [-0.2, 0) is 9.59 Å². The van der Waals surface area contributed by atoms with Crippen LogP contribution in [0.1, 0.15) is 92.5 Å². The first-order valence-electron chi connectivity index (χ1n) is 15.9. The summed E-state index contributed by atoms with van der Waals surface area (Å²) in [5.41, 5.74) is 1.35. The van der Waals surface area contributed by atoms with Gasteiger partial charge >= 0.3 is 0 Å². The van der Waals surface area contributed by atoms with E-state index in [0.717, 1.165) is 57.1 Å². The predicted octanol–water partition coefficient (Wildman–Crippen LogP) is 3.51. The fraction of sp³-hybridized carbons (Fsp3) is 0.667. The third-order valence-electron chi connectivity index (χ3n) is 10.6. The highest BCUT2D eigenvalue weighted by atomic mass is 16.5. The van der Waals surface area contributed by atoms with Crippen LogP contribution in [0.25, 0.3) is 0 Å². The number of methoxy groups -OCH3 is 1. The molecule has 9 nitrogen and oxygen atoms in total. The molecule has 4 aliphatic carbocycles. The number of ether oxygens (including phenoxy) is 2. The number of amides is 2. The van der Waals surface area contributed by atoms with Gasteiger partial charge in [0.05, 0.1) is 25.7 Å². The van der Waals surface area contributed by atoms with Crippen molar-refractivity contribution in [3.63, 3.8) is 0 Å². The number of hydrogen-bond donors (Lipinski definition) is 3. The first-order valence-corrected chi connectivity index (χ1v) is 15.9. The molecular formula is C33H44N2O7. The Kier molecular flexibility index (Phi) is 8.59. The van der Waals surface area contributed by atoms with Crippen LogP contribution in [0.2, 0.25) is 0 Å². The maximum atomic E-state index is 14.3. The maximum absolute atomic E-state index is 14.3. The highest BCUT2D eigenvalue weighted by Gasteiger charge is 2.52. The van der Waals surface area contributed by atoms with Crippen molar-refractivity contribution in [2.45, 2.75) is 101 Å². The van der Waals surface area contributed by atoms with Gasteiger partial charge in [0.1, 0.15) is 18.5 Å². The van der Waals surface area contributed by atoms with Crippen molar-refractivity contribution in [3.05, 3.63) is 34.9 Å². The molecule has 2 amide bonds. The van der Waals surface area contributed by atoms with Gasteiger partial charge in [0, 0.05) is 35.7 Å². The molecule has 0 spiro atoms. The van der Waals surface area contributed by atoms with Crippen molar-refractivity contribution in [1.29, 1.82) is 0 Å². The second-order valence-corrected chi connectivity index (χ2v) is 13.0. The average molecular weight is 581 g/mol. The third-order valence-corrected chi connectivity index (χ3v) is 10.6. The van der Waals surface area contributed by atoms with Crippen LogP contribution in [0.5, 0.6) is 11.5 Å². The van der Waals surface area contributed by atoms with E-state index in [9.17, 15) is 24.6 Å². The van der Waals surface area contributed by atoms with E-state index in [1.165, 1.54) is 26.4 Å². The Hall–Kier alpha value is -2.91. The van der Waals surface area contributed by atoms with Crippen molar-refractivity contribution in [2.24, 2.45) is 17.8 Å². The summed E-state index contributed by atoms with van der Waals surface area (Å²) in [4.78, 5) is 41.6. The molecule has 3 saturated carbocycles. The van der Waals surface area contributed by atoms with E-state index in [2.05, 4.69) is 5.32 Å². The number of carbonyl (C=O) groups is 3. The highest BCUT2D eigenvalue weighted by molar-refractivity contribution is 5.96. The van der Waals surface area contributed by atoms with Gasteiger partial charge in [-0.05, 0) is 68.1 Å². The largest absolute Gasteiger partial charge is 0.493 e. The number of hydrogen-bond acceptors (Lipinski definition) is 7. The lowest BCUT2D eigenvalue weighted by atomic mass is 9.76. The molecule has 1 heterocycles. The number of rotatable bonds is 9. The second-order valence-electron chi connectivity index (χ2n) is 13.0. The van der Waals surface area contributed by atoms with Crippen LogP contribution in [0.3, 0.4) is 0 Å². The lowest BCUT2D eigenvalue weighted by molar-refractivity contribution is -0.142. The summed E-state index contributed by atoms with van der Waals surface area (Å²) < 4.78 is 11.9. The first-order chi connectivity index (χ1) is 20.4. The minimum Gasteiger partial charge on any atom is -0.493 e. The minimum absolute atomic E-state index is 0.0206. The van der Waals surface area contributed by atoms with Crippen LogP contribution >= 0.6 is 0 Å². The smallest absolute Gasteiger partial charge is 0.247 e. The van der Waals surface area contributed by atoms with Crippen molar-refractivity contribution in [3.8, 4) is 11.5 Å². The van der Waals surface area contributed by atoms with Gasteiger partial charge in [0.25, 0.3) is 0 Å². The quantitative estimate of drug-likeness (QED) is 0.302. The molecule has 2 bridgehead atoms. The summed E-state index contributed by atoms with van der Waals surface area (Å²) in [5, 5.41) is 24.2. The van der Waals surface area contributed by atoms with Crippen molar-refractivity contribution in [1.82, 2.24) is 10.2 Å². The molecule has 1 aromatic carbocycles. The molecule has 6 rings (SSSR count). The van der Waals surface area contributed by atoms with E-state index < -0.39 is 24.2 Å². The molecule has 1 aliphatic heterocycles. The lowest BCUT2D eigenvalue weighted by Crippen LogP contribution is -2.58. The van der Waals surface area contributed by atoms with Crippen molar-refractivity contribution >= 4 is 18.1 Å². The van der Waals surface area contributed by atoms with Crippen molar-refractivity contribution < 1.29 is 34.1 Å². The number of nitrogens with zero attached hydrogens (tertiary/aromatic N) is 1. The third kappa shape index (κ3) is 5.34. The average Bonchev–Trinajstić information content (AvgIpc) is 3.66. The maximum Gasteiger partial charge on any atom is 0.247 e. The first kappa shape index (κ1) is 29.2. The van der Waals surface area contributed by atoms with Gasteiger partial charge in [-0.25, -0.2) is 0 Å². The minimum atomic E-state index is -1.09. The second kappa shape index (κ2) is 12.4. The van der Waals surface area contributed by atoms with Crippen LogP contribution in [0, 0.1) is 17.8 Å². The Morgan fingerprint density at radius 2 is 1.90 bits per heavy atom. The molecule has 0 saturated heterocycles. The number of aliphatic hydroxyl groups is 2. The topological polar surface area (TPSA) is 125 Å². The van der Waals surface area contributed by atoms with Crippen LogP contribution in [0.4, 0.5) is 0 Å². The number of carbonyl (C=O) groups excluding carboxylic acids is 3. The Balaban J connectivity index is 1.39. The van der Waals surface area contributed by atoms with Gasteiger partial charge in [0.15, 0.2) is 11.5 Å². The molecule has 3 fully saturated rings. The number of nitrogens with one attached hydrogen (secondary N) is 1. The molecule has 3 unspecified atom stereocenters.